The van der Waals surface area contributed by atoms with Gasteiger partial charge in [0.05, 0.1) is 7.11 Å². The Kier molecular flexibility index (Phi) is 5.28. The lowest BCUT2D eigenvalue weighted by molar-refractivity contribution is 0.406. The zero-order chi connectivity index (χ0) is 15.2. The van der Waals surface area contributed by atoms with Crippen molar-refractivity contribution in [2.75, 3.05) is 13.7 Å². The van der Waals surface area contributed by atoms with Crippen molar-refractivity contribution in [2.45, 2.75) is 33.2 Å². The van der Waals surface area contributed by atoms with Crippen molar-refractivity contribution in [3.8, 4) is 5.75 Å². The highest BCUT2D eigenvalue weighted by atomic mass is 16.5. The Morgan fingerprint density at radius 3 is 2.57 bits per heavy atom. The molecule has 0 aromatic carbocycles. The van der Waals surface area contributed by atoms with Crippen molar-refractivity contribution in [1.29, 1.82) is 0 Å². The number of nitrogens with one attached hydrogen (secondary N) is 1. The van der Waals surface area contributed by atoms with Crippen LogP contribution >= 0.6 is 0 Å². The summed E-state index contributed by atoms with van der Waals surface area (Å²) in [5.41, 5.74) is 4.49. The van der Waals surface area contributed by atoms with Crippen LogP contribution in [0, 0.1) is 13.8 Å². The number of ether oxygens (including phenoxy) is 1. The molecule has 112 valence electrons. The van der Waals surface area contributed by atoms with Gasteiger partial charge in [-0.15, -0.1) is 0 Å². The second-order valence-electron chi connectivity index (χ2n) is 5.14. The van der Waals surface area contributed by atoms with E-state index in [1.54, 1.807) is 7.11 Å². The SMILES string of the molecule is CCNC(Cc1ncc(C)c(OC)c1C)c1ccncc1. The molecule has 0 aliphatic carbocycles. The average molecular weight is 285 g/mol. The smallest absolute Gasteiger partial charge is 0.128 e. The van der Waals surface area contributed by atoms with Crippen LogP contribution < -0.4 is 10.1 Å². The first kappa shape index (κ1) is 15.4. The topological polar surface area (TPSA) is 47.0 Å². The molecule has 0 spiro atoms. The zero-order valence-electron chi connectivity index (χ0n) is 13.2. The third kappa shape index (κ3) is 3.58. The van der Waals surface area contributed by atoms with E-state index in [1.165, 1.54) is 5.56 Å². The van der Waals surface area contributed by atoms with Crippen LogP contribution in [0.3, 0.4) is 0 Å². The molecule has 0 amide bonds. The summed E-state index contributed by atoms with van der Waals surface area (Å²) in [6.07, 6.45) is 6.38. The number of hydrogen-bond acceptors (Lipinski definition) is 4. The minimum atomic E-state index is 0.233. The van der Waals surface area contributed by atoms with Gasteiger partial charge in [-0.05, 0) is 38.1 Å². The van der Waals surface area contributed by atoms with Gasteiger partial charge in [-0.3, -0.25) is 9.97 Å². The Morgan fingerprint density at radius 2 is 1.95 bits per heavy atom. The van der Waals surface area contributed by atoms with E-state index in [0.29, 0.717) is 0 Å². The van der Waals surface area contributed by atoms with Gasteiger partial charge in [0.1, 0.15) is 5.75 Å². The lowest BCUT2D eigenvalue weighted by Gasteiger charge is -2.20. The van der Waals surface area contributed by atoms with Crippen LogP contribution in [0.1, 0.15) is 35.3 Å². The molecule has 2 rings (SSSR count). The van der Waals surface area contributed by atoms with Crippen molar-refractivity contribution >= 4 is 0 Å². The second kappa shape index (κ2) is 7.18. The Bertz CT molecular complexity index is 584. The van der Waals surface area contributed by atoms with Crippen LogP contribution in [0.4, 0.5) is 0 Å². The number of pyridine rings is 2. The number of methoxy groups -OCH3 is 1. The van der Waals surface area contributed by atoms with E-state index >= 15 is 0 Å². The number of nitrogens with zero attached hydrogens (tertiary/aromatic N) is 2. The highest BCUT2D eigenvalue weighted by molar-refractivity contribution is 5.41. The Hall–Kier alpha value is -1.94. The molecular weight excluding hydrogens is 262 g/mol. The Labute approximate surface area is 126 Å². The average Bonchev–Trinajstić information content (AvgIpc) is 2.51. The fourth-order valence-corrected chi connectivity index (χ4v) is 2.62. The van der Waals surface area contributed by atoms with Gasteiger partial charge in [0, 0.05) is 47.9 Å². The molecule has 2 heterocycles. The van der Waals surface area contributed by atoms with Gasteiger partial charge in [-0.1, -0.05) is 6.92 Å². The third-order valence-electron chi connectivity index (χ3n) is 3.71. The molecule has 1 N–H and O–H groups in total. The summed E-state index contributed by atoms with van der Waals surface area (Å²) in [5.74, 6) is 0.935. The minimum Gasteiger partial charge on any atom is -0.496 e. The molecular formula is C17H23N3O. The Balaban J connectivity index is 2.29. The lowest BCUT2D eigenvalue weighted by Crippen LogP contribution is -2.23. The van der Waals surface area contributed by atoms with Crippen LogP contribution in [0.15, 0.2) is 30.7 Å². The maximum atomic E-state index is 5.49. The fourth-order valence-electron chi connectivity index (χ4n) is 2.62. The van der Waals surface area contributed by atoms with E-state index in [9.17, 15) is 0 Å². The number of likely N-dealkylation sites (N-methyl/N-ethyl adjacent to an activating group) is 1. The molecule has 4 heteroatoms. The predicted octanol–water partition coefficient (Wildman–Crippen LogP) is 3.00. The van der Waals surface area contributed by atoms with Gasteiger partial charge < -0.3 is 10.1 Å². The maximum Gasteiger partial charge on any atom is 0.128 e. The van der Waals surface area contributed by atoms with Gasteiger partial charge in [-0.25, -0.2) is 0 Å². The van der Waals surface area contributed by atoms with Gasteiger partial charge in [-0.2, -0.15) is 0 Å². The summed E-state index contributed by atoms with van der Waals surface area (Å²) in [6, 6.07) is 4.33. The van der Waals surface area contributed by atoms with Crippen molar-refractivity contribution in [1.82, 2.24) is 15.3 Å². The van der Waals surface area contributed by atoms with E-state index in [0.717, 1.165) is 35.5 Å². The molecule has 0 radical (unpaired) electrons. The summed E-state index contributed by atoms with van der Waals surface area (Å²) in [4.78, 5) is 8.69. The fraction of sp³-hybridized carbons (Fsp3) is 0.412. The number of rotatable bonds is 6. The minimum absolute atomic E-state index is 0.233. The van der Waals surface area contributed by atoms with Gasteiger partial charge in [0.15, 0.2) is 0 Å². The number of hydrogen-bond donors (Lipinski definition) is 1. The third-order valence-corrected chi connectivity index (χ3v) is 3.71. The standard InChI is InChI=1S/C17H23N3O/c1-5-19-16(14-6-8-18-9-7-14)10-15-13(3)17(21-4)12(2)11-20-15/h6-9,11,16,19H,5,10H2,1-4H3. The monoisotopic (exact) mass is 285 g/mol. The first-order valence-electron chi connectivity index (χ1n) is 7.29. The largest absolute Gasteiger partial charge is 0.496 e. The molecule has 0 fully saturated rings. The molecule has 0 aliphatic rings. The van der Waals surface area contributed by atoms with Crippen LogP contribution in [0.2, 0.25) is 0 Å². The first-order valence-corrected chi connectivity index (χ1v) is 7.29. The predicted molar refractivity (Wildman–Crippen MR) is 84.6 cm³/mol. The quantitative estimate of drug-likeness (QED) is 0.886. The molecule has 0 saturated heterocycles. The molecule has 2 aromatic rings. The normalized spacial score (nSPS) is 12.2. The summed E-state index contributed by atoms with van der Waals surface area (Å²) < 4.78 is 5.49. The number of aryl methyl sites for hydroxylation is 1. The van der Waals surface area contributed by atoms with Gasteiger partial charge in [0.25, 0.3) is 0 Å². The van der Waals surface area contributed by atoms with E-state index in [4.69, 9.17) is 4.74 Å². The van der Waals surface area contributed by atoms with E-state index in [-0.39, 0.29) is 6.04 Å². The summed E-state index contributed by atoms with van der Waals surface area (Å²) in [5, 5.41) is 3.52. The van der Waals surface area contributed by atoms with Crippen molar-refractivity contribution in [3.63, 3.8) is 0 Å². The first-order chi connectivity index (χ1) is 10.2. The van der Waals surface area contributed by atoms with Crippen molar-refractivity contribution in [2.24, 2.45) is 0 Å². The van der Waals surface area contributed by atoms with Crippen LogP contribution in [-0.4, -0.2) is 23.6 Å². The van der Waals surface area contributed by atoms with Crippen molar-refractivity contribution in [3.05, 3.63) is 53.1 Å². The van der Waals surface area contributed by atoms with E-state index in [1.807, 2.05) is 37.6 Å². The van der Waals surface area contributed by atoms with Gasteiger partial charge >= 0.3 is 0 Å². The summed E-state index contributed by atoms with van der Waals surface area (Å²) >= 11 is 0. The highest BCUT2D eigenvalue weighted by Crippen LogP contribution is 2.27. The number of aromatic nitrogens is 2. The summed E-state index contributed by atoms with van der Waals surface area (Å²) in [7, 11) is 1.71. The van der Waals surface area contributed by atoms with Crippen molar-refractivity contribution < 1.29 is 4.74 Å². The molecule has 2 aromatic heterocycles. The Morgan fingerprint density at radius 1 is 1.24 bits per heavy atom. The molecule has 1 unspecified atom stereocenters. The van der Waals surface area contributed by atoms with E-state index in [2.05, 4.69) is 29.1 Å². The summed E-state index contributed by atoms with van der Waals surface area (Å²) in [6.45, 7) is 7.12. The lowest BCUT2D eigenvalue weighted by atomic mass is 9.99. The van der Waals surface area contributed by atoms with Crippen LogP contribution in [0.25, 0.3) is 0 Å². The maximum absolute atomic E-state index is 5.49. The van der Waals surface area contributed by atoms with E-state index < -0.39 is 0 Å². The molecule has 0 saturated carbocycles. The molecule has 0 aliphatic heterocycles. The molecule has 4 nitrogen and oxygen atoms in total. The molecule has 0 bridgehead atoms. The van der Waals surface area contributed by atoms with Crippen LogP contribution in [0.5, 0.6) is 5.75 Å². The second-order valence-corrected chi connectivity index (χ2v) is 5.14. The van der Waals surface area contributed by atoms with Crippen LogP contribution in [-0.2, 0) is 6.42 Å². The highest BCUT2D eigenvalue weighted by Gasteiger charge is 2.16. The van der Waals surface area contributed by atoms with Gasteiger partial charge in [0.2, 0.25) is 0 Å². The molecule has 21 heavy (non-hydrogen) atoms. The zero-order valence-corrected chi connectivity index (χ0v) is 13.2. The molecule has 1 atom stereocenters.